The molecule has 0 atom stereocenters. The van der Waals surface area contributed by atoms with E-state index in [2.05, 4.69) is 10.2 Å². The molecule has 0 spiro atoms. The minimum Gasteiger partial charge on any atom is -0.332 e. The van der Waals surface area contributed by atoms with E-state index in [-0.39, 0.29) is 5.78 Å². The minimum atomic E-state index is -0.0210. The number of carbonyl (C=O) groups excluding carboxylic acids is 1. The highest BCUT2D eigenvalue weighted by atomic mass is 16.1. The van der Waals surface area contributed by atoms with Crippen LogP contribution in [0.5, 0.6) is 0 Å². The lowest BCUT2D eigenvalue weighted by Crippen LogP contribution is -2.18. The first-order chi connectivity index (χ1) is 8.29. The predicted molar refractivity (Wildman–Crippen MR) is 66.4 cm³/mol. The standard InChI is InChI=1S/C13H13N3O/c1-2-16-10-4-3-5-13(16)15-14-11-6-8-12(17)9-7-11/h3-10H,2H2,1H3. The highest BCUT2D eigenvalue weighted by Crippen LogP contribution is 1.95. The summed E-state index contributed by atoms with van der Waals surface area (Å²) in [4.78, 5) is 10.9. The molecule has 1 aromatic rings. The van der Waals surface area contributed by atoms with Gasteiger partial charge in [0.1, 0.15) is 0 Å². The van der Waals surface area contributed by atoms with Gasteiger partial charge in [-0.3, -0.25) is 4.79 Å². The van der Waals surface area contributed by atoms with E-state index in [0.29, 0.717) is 5.71 Å². The van der Waals surface area contributed by atoms with Crippen molar-refractivity contribution in [3.63, 3.8) is 0 Å². The fourth-order valence-electron chi connectivity index (χ4n) is 1.45. The molecule has 1 aromatic heterocycles. The van der Waals surface area contributed by atoms with Gasteiger partial charge in [0, 0.05) is 12.7 Å². The Morgan fingerprint density at radius 2 is 1.88 bits per heavy atom. The normalized spacial score (nSPS) is 15.5. The van der Waals surface area contributed by atoms with Gasteiger partial charge in [0.25, 0.3) is 0 Å². The van der Waals surface area contributed by atoms with Gasteiger partial charge in [-0.2, -0.15) is 0 Å². The molecule has 17 heavy (non-hydrogen) atoms. The molecule has 0 saturated carbocycles. The SMILES string of the molecule is CCn1ccccc1=NN=C1C=CC(=O)C=C1. The summed E-state index contributed by atoms with van der Waals surface area (Å²) in [5, 5.41) is 8.25. The zero-order chi connectivity index (χ0) is 12.1. The smallest absolute Gasteiger partial charge is 0.178 e. The van der Waals surface area contributed by atoms with Gasteiger partial charge in [-0.05, 0) is 43.4 Å². The van der Waals surface area contributed by atoms with E-state index >= 15 is 0 Å². The van der Waals surface area contributed by atoms with Crippen molar-refractivity contribution in [3.05, 3.63) is 54.2 Å². The Labute approximate surface area is 99.3 Å². The van der Waals surface area contributed by atoms with E-state index in [1.54, 1.807) is 12.2 Å². The van der Waals surface area contributed by atoms with E-state index in [1.165, 1.54) is 12.2 Å². The molecule has 4 heteroatoms. The molecular formula is C13H13N3O. The van der Waals surface area contributed by atoms with Gasteiger partial charge in [0.15, 0.2) is 11.3 Å². The number of ketones is 1. The molecule has 1 aliphatic carbocycles. The molecule has 4 nitrogen and oxygen atoms in total. The van der Waals surface area contributed by atoms with E-state index < -0.39 is 0 Å². The third kappa shape index (κ3) is 2.87. The van der Waals surface area contributed by atoms with Crippen LogP contribution >= 0.6 is 0 Å². The summed E-state index contributed by atoms with van der Waals surface area (Å²) in [6.45, 7) is 2.89. The maximum atomic E-state index is 10.9. The monoisotopic (exact) mass is 227 g/mol. The van der Waals surface area contributed by atoms with Gasteiger partial charge in [-0.1, -0.05) is 6.07 Å². The van der Waals surface area contributed by atoms with Crippen LogP contribution in [-0.2, 0) is 11.3 Å². The Morgan fingerprint density at radius 1 is 1.12 bits per heavy atom. The van der Waals surface area contributed by atoms with Crippen LogP contribution in [0, 0.1) is 0 Å². The number of rotatable bonds is 2. The summed E-state index contributed by atoms with van der Waals surface area (Å²) in [5.41, 5.74) is 1.47. The number of pyridine rings is 1. The van der Waals surface area contributed by atoms with Crippen LogP contribution in [-0.4, -0.2) is 16.1 Å². The van der Waals surface area contributed by atoms with Crippen molar-refractivity contribution in [1.82, 2.24) is 4.57 Å². The van der Waals surface area contributed by atoms with Crippen molar-refractivity contribution in [2.24, 2.45) is 10.2 Å². The number of nitrogens with zero attached hydrogens (tertiary/aromatic N) is 3. The largest absolute Gasteiger partial charge is 0.332 e. The quantitative estimate of drug-likeness (QED) is 0.557. The summed E-state index contributed by atoms with van der Waals surface area (Å²) in [5.74, 6) is -0.0210. The lowest BCUT2D eigenvalue weighted by atomic mass is 10.2. The molecule has 0 radical (unpaired) electrons. The summed E-state index contributed by atoms with van der Waals surface area (Å²) in [6.07, 6.45) is 8.23. The third-order valence-electron chi connectivity index (χ3n) is 2.36. The van der Waals surface area contributed by atoms with Crippen LogP contribution < -0.4 is 5.49 Å². The van der Waals surface area contributed by atoms with Crippen LogP contribution in [0.2, 0.25) is 0 Å². The van der Waals surface area contributed by atoms with E-state index in [1.807, 2.05) is 35.9 Å². The zero-order valence-corrected chi connectivity index (χ0v) is 9.58. The van der Waals surface area contributed by atoms with E-state index in [9.17, 15) is 4.79 Å². The number of aromatic nitrogens is 1. The minimum absolute atomic E-state index is 0.0210. The van der Waals surface area contributed by atoms with Crippen LogP contribution in [0.4, 0.5) is 0 Å². The molecule has 0 saturated heterocycles. The topological polar surface area (TPSA) is 46.7 Å². The molecule has 0 unspecified atom stereocenters. The van der Waals surface area contributed by atoms with Gasteiger partial charge in [0.05, 0.1) is 5.71 Å². The van der Waals surface area contributed by atoms with Gasteiger partial charge in [0.2, 0.25) is 0 Å². The molecular weight excluding hydrogens is 214 g/mol. The van der Waals surface area contributed by atoms with Gasteiger partial charge in [-0.15, -0.1) is 10.2 Å². The van der Waals surface area contributed by atoms with Crippen LogP contribution in [0.1, 0.15) is 6.92 Å². The van der Waals surface area contributed by atoms with Crippen LogP contribution in [0.25, 0.3) is 0 Å². The van der Waals surface area contributed by atoms with Crippen molar-refractivity contribution in [2.75, 3.05) is 0 Å². The highest BCUT2D eigenvalue weighted by Gasteiger charge is 1.98. The zero-order valence-electron chi connectivity index (χ0n) is 9.58. The number of hydrogen-bond donors (Lipinski definition) is 0. The second-order valence-corrected chi connectivity index (χ2v) is 3.54. The van der Waals surface area contributed by atoms with Gasteiger partial charge < -0.3 is 4.57 Å². The average Bonchev–Trinajstić information content (AvgIpc) is 2.38. The predicted octanol–water partition coefficient (Wildman–Crippen LogP) is 1.46. The van der Waals surface area contributed by atoms with Crippen molar-refractivity contribution < 1.29 is 4.79 Å². The molecule has 0 N–H and O–H groups in total. The van der Waals surface area contributed by atoms with Crippen molar-refractivity contribution in [2.45, 2.75) is 13.5 Å². The second kappa shape index (κ2) is 5.21. The molecule has 1 aliphatic rings. The molecule has 0 amide bonds. The van der Waals surface area contributed by atoms with Gasteiger partial charge in [-0.25, -0.2) is 0 Å². The van der Waals surface area contributed by atoms with Crippen LogP contribution in [0.3, 0.4) is 0 Å². The Bertz CT molecular complexity index is 558. The molecule has 0 aromatic carbocycles. The van der Waals surface area contributed by atoms with Gasteiger partial charge >= 0.3 is 0 Å². The number of carbonyl (C=O) groups is 1. The molecule has 0 bridgehead atoms. The number of allylic oxidation sites excluding steroid dienone is 4. The van der Waals surface area contributed by atoms with E-state index in [0.717, 1.165) is 12.0 Å². The maximum absolute atomic E-state index is 10.9. The fourth-order valence-corrected chi connectivity index (χ4v) is 1.45. The van der Waals surface area contributed by atoms with E-state index in [4.69, 9.17) is 0 Å². The highest BCUT2D eigenvalue weighted by molar-refractivity contribution is 6.16. The lowest BCUT2D eigenvalue weighted by Gasteiger charge is -2.01. The summed E-state index contributed by atoms with van der Waals surface area (Å²) in [7, 11) is 0. The molecule has 2 rings (SSSR count). The van der Waals surface area contributed by atoms with Crippen LogP contribution in [0.15, 0.2) is 58.9 Å². The first-order valence-corrected chi connectivity index (χ1v) is 5.47. The molecule has 1 heterocycles. The fraction of sp³-hybridized carbons (Fsp3) is 0.154. The van der Waals surface area contributed by atoms with Crippen molar-refractivity contribution in [1.29, 1.82) is 0 Å². The number of hydrogen-bond acceptors (Lipinski definition) is 3. The second-order valence-electron chi connectivity index (χ2n) is 3.54. The third-order valence-corrected chi connectivity index (χ3v) is 2.36. The Morgan fingerprint density at radius 3 is 2.59 bits per heavy atom. The maximum Gasteiger partial charge on any atom is 0.178 e. The lowest BCUT2D eigenvalue weighted by molar-refractivity contribution is -0.110. The Kier molecular flexibility index (Phi) is 3.45. The molecule has 86 valence electrons. The number of aryl methyl sites for hydroxylation is 1. The molecule has 0 aliphatic heterocycles. The average molecular weight is 227 g/mol. The van der Waals surface area contributed by atoms with Crippen molar-refractivity contribution in [3.8, 4) is 0 Å². The summed E-state index contributed by atoms with van der Waals surface area (Å²) < 4.78 is 1.99. The summed E-state index contributed by atoms with van der Waals surface area (Å²) >= 11 is 0. The van der Waals surface area contributed by atoms with Crippen molar-refractivity contribution >= 4 is 11.5 Å². The Balaban J connectivity index is 2.32. The molecule has 0 fully saturated rings. The first-order valence-electron chi connectivity index (χ1n) is 5.47. The Hall–Kier alpha value is -2.23. The first kappa shape index (κ1) is 11.3. The summed E-state index contributed by atoms with van der Waals surface area (Å²) in [6, 6.07) is 5.77.